The third-order valence-electron chi connectivity index (χ3n) is 3.23. The van der Waals surface area contributed by atoms with Crippen LogP contribution in [0, 0.1) is 13.8 Å². The van der Waals surface area contributed by atoms with E-state index in [2.05, 4.69) is 17.4 Å². The molecule has 2 heterocycles. The van der Waals surface area contributed by atoms with Gasteiger partial charge >= 0.3 is 0 Å². The Morgan fingerprint density at radius 3 is 2.94 bits per heavy atom. The summed E-state index contributed by atoms with van der Waals surface area (Å²) in [5, 5.41) is 7.19. The van der Waals surface area contributed by atoms with Gasteiger partial charge in [-0.25, -0.2) is 0 Å². The minimum Gasteiger partial charge on any atom is -0.361 e. The van der Waals surface area contributed by atoms with Crippen molar-refractivity contribution in [1.82, 2.24) is 15.4 Å². The van der Waals surface area contributed by atoms with E-state index in [1.165, 1.54) is 0 Å². The summed E-state index contributed by atoms with van der Waals surface area (Å²) in [7, 11) is 0. The molecular weight excluding hydrogens is 218 g/mol. The molecule has 0 bridgehead atoms. The second kappa shape index (κ2) is 4.87. The van der Waals surface area contributed by atoms with Crippen LogP contribution < -0.4 is 5.32 Å². The molecule has 0 aromatic carbocycles. The zero-order valence-corrected chi connectivity index (χ0v) is 10.6. The van der Waals surface area contributed by atoms with Crippen molar-refractivity contribution in [3.8, 4) is 0 Å². The van der Waals surface area contributed by atoms with E-state index in [1.54, 1.807) is 0 Å². The summed E-state index contributed by atoms with van der Waals surface area (Å²) in [4.78, 5) is 14.1. The summed E-state index contributed by atoms with van der Waals surface area (Å²) < 4.78 is 5.07. The molecule has 17 heavy (non-hydrogen) atoms. The number of nitrogens with zero attached hydrogens (tertiary/aromatic N) is 2. The number of rotatable bonds is 2. The van der Waals surface area contributed by atoms with E-state index in [0.717, 1.165) is 36.7 Å². The van der Waals surface area contributed by atoms with Gasteiger partial charge in [-0.3, -0.25) is 4.79 Å². The maximum absolute atomic E-state index is 12.1. The zero-order chi connectivity index (χ0) is 12.4. The van der Waals surface area contributed by atoms with Crippen molar-refractivity contribution in [1.29, 1.82) is 0 Å². The quantitative estimate of drug-likeness (QED) is 0.820. The number of hydrogen-bond donors (Lipinski definition) is 1. The Hall–Kier alpha value is -1.36. The Balaban J connectivity index is 2.01. The van der Waals surface area contributed by atoms with Crippen molar-refractivity contribution in [2.45, 2.75) is 33.2 Å². The van der Waals surface area contributed by atoms with Gasteiger partial charge in [0, 0.05) is 31.2 Å². The van der Waals surface area contributed by atoms with Crippen LogP contribution in [0.4, 0.5) is 0 Å². The van der Waals surface area contributed by atoms with E-state index >= 15 is 0 Å². The highest BCUT2D eigenvalue weighted by atomic mass is 16.5. The molecular formula is C12H19N3O2. The van der Waals surface area contributed by atoms with Crippen LogP contribution in [0.25, 0.3) is 0 Å². The van der Waals surface area contributed by atoms with E-state index in [9.17, 15) is 4.79 Å². The van der Waals surface area contributed by atoms with Crippen molar-refractivity contribution >= 4 is 5.91 Å². The number of carbonyl (C=O) groups is 1. The van der Waals surface area contributed by atoms with Gasteiger partial charge in [-0.2, -0.15) is 0 Å². The Bertz CT molecular complexity index is 394. The molecule has 1 aromatic rings. The molecule has 94 valence electrons. The smallest absolute Gasteiger partial charge is 0.227 e. The average Bonchev–Trinajstić information content (AvgIpc) is 2.61. The van der Waals surface area contributed by atoms with Gasteiger partial charge in [0.05, 0.1) is 12.1 Å². The van der Waals surface area contributed by atoms with E-state index in [0.29, 0.717) is 12.5 Å². The van der Waals surface area contributed by atoms with E-state index < -0.39 is 0 Å². The lowest BCUT2D eigenvalue weighted by Gasteiger charge is -2.31. The summed E-state index contributed by atoms with van der Waals surface area (Å²) in [6.07, 6.45) is 0.397. The van der Waals surface area contributed by atoms with Crippen LogP contribution in [-0.4, -0.2) is 41.6 Å². The zero-order valence-electron chi connectivity index (χ0n) is 10.6. The van der Waals surface area contributed by atoms with Gasteiger partial charge in [0.2, 0.25) is 5.91 Å². The van der Waals surface area contributed by atoms with Gasteiger partial charge in [-0.1, -0.05) is 5.16 Å². The van der Waals surface area contributed by atoms with E-state index in [-0.39, 0.29) is 5.91 Å². The number of hydrogen-bond acceptors (Lipinski definition) is 4. The van der Waals surface area contributed by atoms with Crippen LogP contribution in [0.5, 0.6) is 0 Å². The van der Waals surface area contributed by atoms with Gasteiger partial charge in [-0.05, 0) is 20.8 Å². The summed E-state index contributed by atoms with van der Waals surface area (Å²) >= 11 is 0. The highest BCUT2D eigenvalue weighted by Gasteiger charge is 2.22. The second-order valence-corrected chi connectivity index (χ2v) is 4.67. The first-order valence-electron chi connectivity index (χ1n) is 6.01. The molecule has 0 radical (unpaired) electrons. The number of carbonyl (C=O) groups excluding carboxylic acids is 1. The SMILES string of the molecule is Cc1noc(C)c1CC(=O)N1CCN[C@H](C)C1. The molecule has 2 rings (SSSR count). The third-order valence-corrected chi connectivity index (χ3v) is 3.23. The molecule has 1 aliphatic heterocycles. The first-order chi connectivity index (χ1) is 8.08. The van der Waals surface area contributed by atoms with Gasteiger partial charge in [0.1, 0.15) is 5.76 Å². The number of piperazine rings is 1. The van der Waals surface area contributed by atoms with E-state index in [1.807, 2.05) is 18.7 Å². The van der Waals surface area contributed by atoms with Gasteiger partial charge < -0.3 is 14.7 Å². The summed E-state index contributed by atoms with van der Waals surface area (Å²) in [5.41, 5.74) is 1.75. The number of amides is 1. The van der Waals surface area contributed by atoms with Gasteiger partial charge in [0.15, 0.2) is 0 Å². The van der Waals surface area contributed by atoms with Crippen LogP contribution in [0.1, 0.15) is 23.9 Å². The van der Waals surface area contributed by atoms with Crippen LogP contribution >= 0.6 is 0 Å². The molecule has 1 saturated heterocycles. The topological polar surface area (TPSA) is 58.4 Å². The average molecular weight is 237 g/mol. The fourth-order valence-electron chi connectivity index (χ4n) is 2.18. The van der Waals surface area contributed by atoms with Crippen molar-refractivity contribution in [2.24, 2.45) is 0 Å². The lowest BCUT2D eigenvalue weighted by atomic mass is 10.1. The fourth-order valence-corrected chi connectivity index (χ4v) is 2.18. The van der Waals surface area contributed by atoms with Crippen LogP contribution in [-0.2, 0) is 11.2 Å². The molecule has 1 aromatic heterocycles. The standard InChI is InChI=1S/C12H19N3O2/c1-8-7-15(5-4-13-8)12(16)6-11-9(2)14-17-10(11)3/h8,13H,4-7H2,1-3H3/t8-/m1/s1. The minimum atomic E-state index is 0.160. The predicted octanol–water partition coefficient (Wildman–Crippen LogP) is 0.654. The predicted molar refractivity (Wildman–Crippen MR) is 63.7 cm³/mol. The fraction of sp³-hybridized carbons (Fsp3) is 0.667. The second-order valence-electron chi connectivity index (χ2n) is 4.67. The largest absolute Gasteiger partial charge is 0.361 e. The molecule has 1 amide bonds. The van der Waals surface area contributed by atoms with E-state index in [4.69, 9.17) is 4.52 Å². The molecule has 1 fully saturated rings. The molecule has 1 aliphatic rings. The molecule has 0 aliphatic carbocycles. The van der Waals surface area contributed by atoms with Crippen molar-refractivity contribution in [3.05, 3.63) is 17.0 Å². The Morgan fingerprint density at radius 2 is 2.35 bits per heavy atom. The lowest BCUT2D eigenvalue weighted by molar-refractivity contribution is -0.131. The molecule has 1 N–H and O–H groups in total. The summed E-state index contributed by atoms with van der Waals surface area (Å²) in [6.45, 7) is 8.25. The highest BCUT2D eigenvalue weighted by molar-refractivity contribution is 5.79. The molecule has 1 atom stereocenters. The van der Waals surface area contributed by atoms with Crippen LogP contribution in [0.2, 0.25) is 0 Å². The Morgan fingerprint density at radius 1 is 1.59 bits per heavy atom. The summed E-state index contributed by atoms with van der Waals surface area (Å²) in [6, 6.07) is 0.373. The molecule has 0 unspecified atom stereocenters. The number of nitrogens with one attached hydrogen (secondary N) is 1. The maximum atomic E-state index is 12.1. The van der Waals surface area contributed by atoms with Crippen LogP contribution in [0.3, 0.4) is 0 Å². The van der Waals surface area contributed by atoms with Crippen molar-refractivity contribution in [2.75, 3.05) is 19.6 Å². The molecule has 0 saturated carbocycles. The Kier molecular flexibility index (Phi) is 3.47. The van der Waals surface area contributed by atoms with Crippen LogP contribution in [0.15, 0.2) is 4.52 Å². The highest BCUT2D eigenvalue weighted by Crippen LogP contribution is 2.14. The first kappa shape index (κ1) is 12.1. The molecule has 5 nitrogen and oxygen atoms in total. The van der Waals surface area contributed by atoms with Crippen molar-refractivity contribution in [3.63, 3.8) is 0 Å². The molecule has 0 spiro atoms. The van der Waals surface area contributed by atoms with Gasteiger partial charge in [-0.15, -0.1) is 0 Å². The lowest BCUT2D eigenvalue weighted by Crippen LogP contribution is -2.51. The van der Waals surface area contributed by atoms with Gasteiger partial charge in [0.25, 0.3) is 0 Å². The summed E-state index contributed by atoms with van der Waals surface area (Å²) in [5.74, 6) is 0.909. The monoisotopic (exact) mass is 237 g/mol. The maximum Gasteiger partial charge on any atom is 0.227 e. The minimum absolute atomic E-state index is 0.160. The van der Waals surface area contributed by atoms with Crippen molar-refractivity contribution < 1.29 is 9.32 Å². The molecule has 5 heteroatoms. The Labute approximate surface area is 101 Å². The first-order valence-corrected chi connectivity index (χ1v) is 6.01. The third kappa shape index (κ3) is 2.66. The number of aryl methyl sites for hydroxylation is 2. The normalized spacial score (nSPS) is 20.6. The number of aromatic nitrogens is 1.